The van der Waals surface area contributed by atoms with E-state index in [-0.39, 0.29) is 5.78 Å². The molecule has 0 saturated heterocycles. The number of halogens is 1. The van der Waals surface area contributed by atoms with Crippen LogP contribution in [0.2, 0.25) is 0 Å². The lowest BCUT2D eigenvalue weighted by molar-refractivity contribution is 0.104. The minimum Gasteiger partial charge on any atom is -0.398 e. The highest BCUT2D eigenvalue weighted by atomic mass is 79.9. The van der Waals surface area contributed by atoms with E-state index in [0.29, 0.717) is 11.3 Å². The van der Waals surface area contributed by atoms with Gasteiger partial charge in [0, 0.05) is 25.1 Å². The molecular formula is C13H8BrNOS2. The third-order valence-corrected chi connectivity index (χ3v) is 5.40. The molecule has 0 fully saturated rings. The lowest BCUT2D eigenvalue weighted by Gasteiger charge is -2.01. The second kappa shape index (κ2) is 4.50. The molecule has 3 aromatic rings. The Bertz CT molecular complexity index is 716. The second-order valence-electron chi connectivity index (χ2n) is 3.83. The summed E-state index contributed by atoms with van der Waals surface area (Å²) in [6.07, 6.45) is 0. The molecule has 0 amide bonds. The summed E-state index contributed by atoms with van der Waals surface area (Å²) in [5.41, 5.74) is 7.01. The van der Waals surface area contributed by atoms with Crippen LogP contribution in [0.25, 0.3) is 9.40 Å². The Morgan fingerprint density at radius 3 is 2.72 bits per heavy atom. The Morgan fingerprint density at radius 1 is 1.17 bits per heavy atom. The van der Waals surface area contributed by atoms with E-state index >= 15 is 0 Å². The molecule has 2 aromatic heterocycles. The number of benzene rings is 1. The first-order chi connectivity index (χ1) is 8.65. The van der Waals surface area contributed by atoms with E-state index in [1.165, 1.54) is 11.3 Å². The topological polar surface area (TPSA) is 43.1 Å². The monoisotopic (exact) mass is 337 g/mol. The van der Waals surface area contributed by atoms with Crippen molar-refractivity contribution >= 4 is 59.5 Å². The minimum atomic E-state index is 0.0455. The summed E-state index contributed by atoms with van der Waals surface area (Å²) in [6.45, 7) is 0. The fourth-order valence-electron chi connectivity index (χ4n) is 1.69. The summed E-state index contributed by atoms with van der Waals surface area (Å²) in [5, 5.41) is 2.04. The lowest BCUT2D eigenvalue weighted by Crippen LogP contribution is -1.99. The Labute approximate surface area is 120 Å². The first-order valence-electron chi connectivity index (χ1n) is 5.22. The fourth-order valence-corrected chi connectivity index (χ4v) is 4.14. The van der Waals surface area contributed by atoms with E-state index in [2.05, 4.69) is 15.9 Å². The predicted octanol–water partition coefficient (Wildman–Crippen LogP) is 4.54. The van der Waals surface area contributed by atoms with Gasteiger partial charge in [0.15, 0.2) is 0 Å². The molecule has 2 N–H and O–H groups in total. The van der Waals surface area contributed by atoms with Crippen molar-refractivity contribution in [2.45, 2.75) is 0 Å². The minimum absolute atomic E-state index is 0.0455. The van der Waals surface area contributed by atoms with Crippen molar-refractivity contribution in [1.82, 2.24) is 0 Å². The van der Waals surface area contributed by atoms with Gasteiger partial charge in [0.1, 0.15) is 0 Å². The maximum Gasteiger partial charge on any atom is 0.203 e. The smallest absolute Gasteiger partial charge is 0.203 e. The molecule has 0 spiro atoms. The molecule has 1 aromatic carbocycles. The van der Waals surface area contributed by atoms with Crippen LogP contribution in [0.5, 0.6) is 0 Å². The van der Waals surface area contributed by atoms with Gasteiger partial charge in [0.05, 0.1) is 4.88 Å². The van der Waals surface area contributed by atoms with Crippen LogP contribution in [0.1, 0.15) is 15.2 Å². The summed E-state index contributed by atoms with van der Waals surface area (Å²) in [7, 11) is 0. The van der Waals surface area contributed by atoms with Crippen LogP contribution in [-0.2, 0) is 0 Å². The average Bonchev–Trinajstić information content (AvgIpc) is 2.92. The molecule has 0 bridgehead atoms. The van der Waals surface area contributed by atoms with Crippen LogP contribution in [-0.4, -0.2) is 5.78 Å². The second-order valence-corrected chi connectivity index (χ2v) is 6.71. The van der Waals surface area contributed by atoms with Crippen molar-refractivity contribution < 1.29 is 4.79 Å². The summed E-state index contributed by atoms with van der Waals surface area (Å²) in [4.78, 5) is 13.1. The molecule has 18 heavy (non-hydrogen) atoms. The highest BCUT2D eigenvalue weighted by Gasteiger charge is 2.14. The maximum atomic E-state index is 12.3. The first kappa shape index (κ1) is 11.9. The standard InChI is InChI=1S/C13H8BrNOS2/c14-8-5-7(1-2-9(8)15)13(16)12-6-11-10(18-12)3-4-17-11/h1-6H,15H2. The number of thiophene rings is 2. The quantitative estimate of drug-likeness (QED) is 0.551. The van der Waals surface area contributed by atoms with Gasteiger partial charge >= 0.3 is 0 Å². The van der Waals surface area contributed by atoms with E-state index in [0.717, 1.165) is 18.7 Å². The van der Waals surface area contributed by atoms with Gasteiger partial charge in [0.2, 0.25) is 5.78 Å². The van der Waals surface area contributed by atoms with Crippen LogP contribution in [0.3, 0.4) is 0 Å². The number of carbonyl (C=O) groups excluding carboxylic acids is 1. The van der Waals surface area contributed by atoms with Gasteiger partial charge in [0.25, 0.3) is 0 Å². The molecule has 2 heterocycles. The zero-order chi connectivity index (χ0) is 12.7. The van der Waals surface area contributed by atoms with Crippen molar-refractivity contribution in [2.75, 3.05) is 5.73 Å². The van der Waals surface area contributed by atoms with Gasteiger partial charge in [-0.1, -0.05) is 0 Å². The largest absolute Gasteiger partial charge is 0.398 e. The molecule has 0 aliphatic rings. The molecular weight excluding hydrogens is 330 g/mol. The van der Waals surface area contributed by atoms with Crippen LogP contribution in [0.15, 0.2) is 40.2 Å². The number of nitrogen functional groups attached to an aromatic ring is 1. The van der Waals surface area contributed by atoms with Crippen molar-refractivity contribution in [2.24, 2.45) is 0 Å². The number of anilines is 1. The van der Waals surface area contributed by atoms with E-state index in [4.69, 9.17) is 5.73 Å². The highest BCUT2D eigenvalue weighted by Crippen LogP contribution is 2.32. The number of carbonyl (C=O) groups is 1. The Balaban J connectivity index is 2.03. The van der Waals surface area contributed by atoms with Gasteiger partial charge in [-0.2, -0.15) is 0 Å². The van der Waals surface area contributed by atoms with Crippen LogP contribution < -0.4 is 5.73 Å². The average molecular weight is 338 g/mol. The molecule has 3 rings (SSSR count). The molecule has 2 nitrogen and oxygen atoms in total. The summed E-state index contributed by atoms with van der Waals surface area (Å²) < 4.78 is 3.09. The molecule has 0 unspecified atom stereocenters. The van der Waals surface area contributed by atoms with E-state index in [1.54, 1.807) is 29.5 Å². The van der Waals surface area contributed by atoms with Crippen molar-refractivity contribution in [3.05, 3.63) is 50.6 Å². The third kappa shape index (κ3) is 1.98. The molecule has 0 radical (unpaired) electrons. The molecule has 5 heteroatoms. The summed E-state index contributed by atoms with van der Waals surface area (Å²) in [6, 6.07) is 9.27. The predicted molar refractivity (Wildman–Crippen MR) is 81.7 cm³/mol. The molecule has 0 aliphatic heterocycles. The van der Waals surface area contributed by atoms with Gasteiger partial charge in [-0.25, -0.2) is 0 Å². The number of rotatable bonds is 2. The number of hydrogen-bond donors (Lipinski definition) is 1. The van der Waals surface area contributed by atoms with E-state index < -0.39 is 0 Å². The number of fused-ring (bicyclic) bond motifs is 1. The summed E-state index contributed by atoms with van der Waals surface area (Å²) >= 11 is 6.53. The molecule has 0 saturated carbocycles. The Kier molecular flexibility index (Phi) is 2.97. The normalized spacial score (nSPS) is 10.9. The van der Waals surface area contributed by atoms with Crippen LogP contribution in [0.4, 0.5) is 5.69 Å². The molecule has 90 valence electrons. The SMILES string of the molecule is Nc1ccc(C(=O)c2cc3sccc3s2)cc1Br. The Morgan fingerprint density at radius 2 is 2.00 bits per heavy atom. The number of hydrogen-bond acceptors (Lipinski definition) is 4. The maximum absolute atomic E-state index is 12.3. The van der Waals surface area contributed by atoms with Crippen molar-refractivity contribution in [3.8, 4) is 0 Å². The Hall–Kier alpha value is -1.17. The van der Waals surface area contributed by atoms with Gasteiger partial charge in [-0.15, -0.1) is 22.7 Å². The highest BCUT2D eigenvalue weighted by molar-refractivity contribution is 9.10. The van der Waals surface area contributed by atoms with Gasteiger partial charge in [-0.3, -0.25) is 4.79 Å². The number of ketones is 1. The lowest BCUT2D eigenvalue weighted by atomic mass is 10.1. The van der Waals surface area contributed by atoms with E-state index in [1.807, 2.05) is 17.5 Å². The first-order valence-corrected chi connectivity index (χ1v) is 7.71. The van der Waals surface area contributed by atoms with E-state index in [9.17, 15) is 4.79 Å². The van der Waals surface area contributed by atoms with Gasteiger partial charge < -0.3 is 5.73 Å². The molecule has 0 atom stereocenters. The van der Waals surface area contributed by atoms with Crippen LogP contribution in [0, 0.1) is 0 Å². The van der Waals surface area contributed by atoms with Crippen molar-refractivity contribution in [1.29, 1.82) is 0 Å². The summed E-state index contributed by atoms with van der Waals surface area (Å²) in [5.74, 6) is 0.0455. The van der Waals surface area contributed by atoms with Crippen LogP contribution >= 0.6 is 38.6 Å². The van der Waals surface area contributed by atoms with Gasteiger partial charge in [-0.05, 0) is 51.6 Å². The zero-order valence-corrected chi connectivity index (χ0v) is 12.4. The fraction of sp³-hybridized carbons (Fsp3) is 0. The zero-order valence-electron chi connectivity index (χ0n) is 9.14. The molecule has 0 aliphatic carbocycles. The third-order valence-electron chi connectivity index (χ3n) is 2.63. The number of nitrogens with two attached hydrogens (primary N) is 1. The van der Waals surface area contributed by atoms with Crippen molar-refractivity contribution in [3.63, 3.8) is 0 Å².